The minimum Gasteiger partial charge on any atom is -0.495 e. The fraction of sp³-hybridized carbons (Fsp3) is 0.435. The lowest BCUT2D eigenvalue weighted by Crippen LogP contribution is -2.45. The molecule has 1 aliphatic heterocycles. The summed E-state index contributed by atoms with van der Waals surface area (Å²) in [5.74, 6) is 0.473. The van der Waals surface area contributed by atoms with Crippen LogP contribution in [0, 0.1) is 29.9 Å². The van der Waals surface area contributed by atoms with Crippen LogP contribution in [0.3, 0.4) is 0 Å². The molecule has 0 spiro atoms. The van der Waals surface area contributed by atoms with Crippen molar-refractivity contribution in [2.45, 2.75) is 38.5 Å². The molecule has 0 aromatic heterocycles. The molecule has 0 N–H and O–H groups in total. The lowest BCUT2D eigenvalue weighted by atomic mass is 9.99. The molecule has 178 valence electrons. The van der Waals surface area contributed by atoms with E-state index in [1.54, 1.807) is 30.0 Å². The van der Waals surface area contributed by atoms with Crippen molar-refractivity contribution in [2.75, 3.05) is 31.0 Å². The Hall–Kier alpha value is -3.14. The molecule has 1 heterocycles. The molecule has 1 aliphatic rings. The van der Waals surface area contributed by atoms with Gasteiger partial charge in [0.05, 0.1) is 22.6 Å². The molecule has 2 aromatic carbocycles. The van der Waals surface area contributed by atoms with E-state index in [0.29, 0.717) is 24.6 Å². The number of rotatable bonds is 7. The molecular formula is C23H29N3O6S. The number of piperidine rings is 1. The van der Waals surface area contributed by atoms with Gasteiger partial charge in [0.1, 0.15) is 12.3 Å². The third-order valence-electron chi connectivity index (χ3n) is 5.98. The van der Waals surface area contributed by atoms with Crippen molar-refractivity contribution in [3.63, 3.8) is 0 Å². The molecule has 0 saturated carbocycles. The molecule has 33 heavy (non-hydrogen) atoms. The smallest absolute Gasteiger partial charge is 0.273 e. The summed E-state index contributed by atoms with van der Waals surface area (Å²) in [5.41, 5.74) is 1.03. The number of nitro benzene ring substituents is 1. The van der Waals surface area contributed by atoms with Gasteiger partial charge in [-0.25, -0.2) is 8.42 Å². The van der Waals surface area contributed by atoms with Gasteiger partial charge in [0.15, 0.2) is 0 Å². The number of sulfonamides is 1. The SMILES string of the molecule is COc1ccc(C)cc1N(CC(=O)N1CCC(C)CC1)S(=O)(=O)c1ccc(C)c([N+](=O)[O-])c1. The van der Waals surface area contributed by atoms with Gasteiger partial charge in [-0.3, -0.25) is 19.2 Å². The molecule has 9 nitrogen and oxygen atoms in total. The molecule has 10 heteroatoms. The minimum atomic E-state index is -4.32. The number of anilines is 1. The highest BCUT2D eigenvalue weighted by molar-refractivity contribution is 7.92. The number of hydrogen-bond acceptors (Lipinski definition) is 6. The van der Waals surface area contributed by atoms with Crippen molar-refractivity contribution in [1.82, 2.24) is 4.90 Å². The van der Waals surface area contributed by atoms with Crippen molar-refractivity contribution < 1.29 is 22.9 Å². The van der Waals surface area contributed by atoms with Crippen LogP contribution in [0.1, 0.15) is 30.9 Å². The van der Waals surface area contributed by atoms with Gasteiger partial charge in [-0.1, -0.05) is 19.1 Å². The Balaban J connectivity index is 2.09. The second-order valence-corrected chi connectivity index (χ2v) is 10.3. The maximum Gasteiger partial charge on any atom is 0.273 e. The highest BCUT2D eigenvalue weighted by Crippen LogP contribution is 2.35. The van der Waals surface area contributed by atoms with E-state index >= 15 is 0 Å². The number of amides is 1. The zero-order valence-electron chi connectivity index (χ0n) is 19.3. The second-order valence-electron chi connectivity index (χ2n) is 8.46. The average molecular weight is 476 g/mol. The van der Waals surface area contributed by atoms with E-state index < -0.39 is 21.5 Å². The van der Waals surface area contributed by atoms with Crippen LogP contribution in [0.25, 0.3) is 0 Å². The first-order valence-corrected chi connectivity index (χ1v) is 12.2. The number of nitro groups is 1. The molecule has 0 unspecified atom stereocenters. The maximum absolute atomic E-state index is 13.7. The van der Waals surface area contributed by atoms with Crippen molar-refractivity contribution in [3.05, 3.63) is 57.6 Å². The predicted octanol–water partition coefficient (Wildman–Crippen LogP) is 3.67. The first kappa shape index (κ1) is 24.5. The molecule has 0 atom stereocenters. The van der Waals surface area contributed by atoms with Gasteiger partial charge in [-0.15, -0.1) is 0 Å². The standard InChI is InChI=1S/C23H29N3O6S/c1-16-9-11-24(12-10-16)23(27)15-25(21-13-17(2)5-8-22(21)32-4)33(30,31)19-7-6-18(3)20(14-19)26(28)29/h5-8,13-14,16H,9-12,15H2,1-4H3. The van der Waals surface area contributed by atoms with Crippen LogP contribution in [0.5, 0.6) is 5.75 Å². The van der Waals surface area contributed by atoms with Crippen LogP contribution in [0.2, 0.25) is 0 Å². The molecule has 1 saturated heterocycles. The van der Waals surface area contributed by atoms with Crippen LogP contribution >= 0.6 is 0 Å². The molecule has 1 amide bonds. The normalized spacial score (nSPS) is 14.7. The molecule has 3 rings (SSSR count). The van der Waals surface area contributed by atoms with Crippen LogP contribution in [-0.4, -0.2) is 50.9 Å². The molecule has 0 aliphatic carbocycles. The summed E-state index contributed by atoms with van der Waals surface area (Å²) in [5, 5.41) is 11.4. The van der Waals surface area contributed by atoms with E-state index in [4.69, 9.17) is 4.74 Å². The molecular weight excluding hydrogens is 446 g/mol. The monoisotopic (exact) mass is 475 g/mol. The lowest BCUT2D eigenvalue weighted by Gasteiger charge is -2.33. The fourth-order valence-corrected chi connectivity index (χ4v) is 5.29. The Morgan fingerprint density at radius 1 is 1.18 bits per heavy atom. The van der Waals surface area contributed by atoms with Crippen LogP contribution < -0.4 is 9.04 Å². The van der Waals surface area contributed by atoms with Gasteiger partial charge in [-0.05, 0) is 56.4 Å². The minimum absolute atomic E-state index is 0.208. The summed E-state index contributed by atoms with van der Waals surface area (Å²) in [6.07, 6.45) is 1.72. The van der Waals surface area contributed by atoms with Gasteiger partial charge in [0, 0.05) is 24.7 Å². The van der Waals surface area contributed by atoms with Gasteiger partial charge >= 0.3 is 0 Å². The average Bonchev–Trinajstić information content (AvgIpc) is 2.77. The van der Waals surface area contributed by atoms with Gasteiger partial charge in [0.2, 0.25) is 5.91 Å². The second kappa shape index (κ2) is 9.78. The Labute approximate surface area is 194 Å². The Kier molecular flexibility index (Phi) is 7.26. The third kappa shape index (κ3) is 5.27. The van der Waals surface area contributed by atoms with Crippen molar-refractivity contribution in [1.29, 1.82) is 0 Å². The van der Waals surface area contributed by atoms with Crippen molar-refractivity contribution in [2.24, 2.45) is 5.92 Å². The van der Waals surface area contributed by atoms with Crippen molar-refractivity contribution in [3.8, 4) is 5.75 Å². The predicted molar refractivity (Wildman–Crippen MR) is 125 cm³/mol. The van der Waals surface area contributed by atoms with E-state index in [2.05, 4.69) is 6.92 Å². The number of carbonyl (C=O) groups excluding carboxylic acids is 1. The van der Waals surface area contributed by atoms with Gasteiger partial charge < -0.3 is 9.64 Å². The summed E-state index contributed by atoms with van der Waals surface area (Å²) in [4.78, 5) is 25.4. The van der Waals surface area contributed by atoms with Gasteiger partial charge in [-0.2, -0.15) is 0 Å². The van der Waals surface area contributed by atoms with E-state index in [9.17, 15) is 23.3 Å². The number of likely N-dealkylation sites (tertiary alicyclic amines) is 1. The molecule has 0 radical (unpaired) electrons. The van der Waals surface area contributed by atoms with E-state index in [0.717, 1.165) is 28.8 Å². The number of nitrogens with zero attached hydrogens (tertiary/aromatic N) is 3. The number of methoxy groups -OCH3 is 1. The zero-order chi connectivity index (χ0) is 24.3. The fourth-order valence-electron chi connectivity index (χ4n) is 3.85. The largest absolute Gasteiger partial charge is 0.495 e. The summed E-state index contributed by atoms with van der Waals surface area (Å²) < 4.78 is 33.9. The number of hydrogen-bond donors (Lipinski definition) is 0. The maximum atomic E-state index is 13.7. The quantitative estimate of drug-likeness (QED) is 0.446. The topological polar surface area (TPSA) is 110 Å². The Morgan fingerprint density at radius 3 is 2.45 bits per heavy atom. The van der Waals surface area contributed by atoms with E-state index in [1.807, 2.05) is 0 Å². The van der Waals surface area contributed by atoms with E-state index in [1.165, 1.54) is 26.2 Å². The number of aryl methyl sites for hydroxylation is 2. The highest BCUT2D eigenvalue weighted by atomic mass is 32.2. The molecule has 2 aromatic rings. The first-order chi connectivity index (χ1) is 15.5. The van der Waals surface area contributed by atoms with Crippen molar-refractivity contribution >= 4 is 27.3 Å². The van der Waals surface area contributed by atoms with Crippen LogP contribution in [0.15, 0.2) is 41.3 Å². The Morgan fingerprint density at radius 2 is 1.85 bits per heavy atom. The summed E-state index contributed by atoms with van der Waals surface area (Å²) in [6.45, 7) is 6.16. The van der Waals surface area contributed by atoms with Crippen LogP contribution in [-0.2, 0) is 14.8 Å². The molecule has 0 bridgehead atoms. The van der Waals surface area contributed by atoms with E-state index in [-0.39, 0.29) is 27.9 Å². The number of carbonyl (C=O) groups is 1. The number of benzene rings is 2. The Bertz CT molecular complexity index is 1160. The zero-order valence-corrected chi connectivity index (χ0v) is 20.1. The third-order valence-corrected chi connectivity index (χ3v) is 7.74. The summed E-state index contributed by atoms with van der Waals surface area (Å²) in [6, 6.07) is 8.79. The summed E-state index contributed by atoms with van der Waals surface area (Å²) >= 11 is 0. The van der Waals surface area contributed by atoms with Gasteiger partial charge in [0.25, 0.3) is 15.7 Å². The summed E-state index contributed by atoms with van der Waals surface area (Å²) in [7, 11) is -2.90. The lowest BCUT2D eigenvalue weighted by molar-refractivity contribution is -0.385. The molecule has 1 fully saturated rings. The number of ether oxygens (including phenoxy) is 1. The highest BCUT2D eigenvalue weighted by Gasteiger charge is 2.33. The first-order valence-electron chi connectivity index (χ1n) is 10.7. The van der Waals surface area contributed by atoms with Crippen LogP contribution in [0.4, 0.5) is 11.4 Å².